The van der Waals surface area contributed by atoms with Crippen molar-refractivity contribution < 1.29 is 4.79 Å². The number of carbonyl (C=O) groups is 1. The van der Waals surface area contributed by atoms with Crippen LogP contribution >= 0.6 is 0 Å². The number of aromatic nitrogens is 3. The molecule has 0 saturated heterocycles. The van der Waals surface area contributed by atoms with E-state index in [1.165, 1.54) is 18.6 Å². The zero-order valence-corrected chi connectivity index (χ0v) is 12.1. The van der Waals surface area contributed by atoms with Crippen molar-refractivity contribution in [1.82, 2.24) is 20.4 Å². The summed E-state index contributed by atoms with van der Waals surface area (Å²) in [5.74, 6) is -0.403. The van der Waals surface area contributed by atoms with E-state index in [9.17, 15) is 4.79 Å². The van der Waals surface area contributed by atoms with Crippen molar-refractivity contribution in [3.8, 4) is 11.3 Å². The molecule has 2 aromatic heterocycles. The number of benzene rings is 1. The van der Waals surface area contributed by atoms with Gasteiger partial charge in [-0.2, -0.15) is 5.10 Å². The van der Waals surface area contributed by atoms with Crippen molar-refractivity contribution in [2.24, 2.45) is 5.10 Å². The van der Waals surface area contributed by atoms with Gasteiger partial charge >= 0.3 is 0 Å². The summed E-state index contributed by atoms with van der Waals surface area (Å²) in [5.41, 5.74) is 5.42. The van der Waals surface area contributed by atoms with Gasteiger partial charge in [-0.05, 0) is 17.7 Å². The number of amides is 1. The third-order valence-electron chi connectivity index (χ3n) is 3.05. The summed E-state index contributed by atoms with van der Waals surface area (Å²) in [5, 5.41) is 3.91. The van der Waals surface area contributed by atoms with E-state index in [1.807, 2.05) is 42.5 Å². The third kappa shape index (κ3) is 3.82. The minimum atomic E-state index is -0.403. The molecule has 23 heavy (non-hydrogen) atoms. The summed E-state index contributed by atoms with van der Waals surface area (Å²) < 4.78 is 0. The summed E-state index contributed by atoms with van der Waals surface area (Å²) >= 11 is 0. The number of hydrogen-bond acceptors (Lipinski definition) is 5. The number of hydrazone groups is 1. The van der Waals surface area contributed by atoms with E-state index in [0.29, 0.717) is 0 Å². The Morgan fingerprint density at radius 1 is 1.00 bits per heavy atom. The quantitative estimate of drug-likeness (QED) is 0.592. The fourth-order valence-electron chi connectivity index (χ4n) is 1.91. The highest BCUT2D eigenvalue weighted by atomic mass is 16.2. The third-order valence-corrected chi connectivity index (χ3v) is 3.05. The predicted octanol–water partition coefficient (Wildman–Crippen LogP) is 2.30. The predicted molar refractivity (Wildman–Crippen MR) is 86.8 cm³/mol. The minimum Gasteiger partial charge on any atom is -0.265 e. The summed E-state index contributed by atoms with van der Waals surface area (Å²) in [6, 6.07) is 13.5. The Bertz CT molecular complexity index is 801. The Morgan fingerprint density at radius 3 is 2.57 bits per heavy atom. The number of pyridine rings is 1. The zero-order valence-electron chi connectivity index (χ0n) is 12.1. The van der Waals surface area contributed by atoms with Crippen LogP contribution < -0.4 is 5.43 Å². The topological polar surface area (TPSA) is 80.1 Å². The fraction of sp³-hybridized carbons (Fsp3) is 0. The van der Waals surface area contributed by atoms with E-state index in [-0.39, 0.29) is 5.69 Å². The molecule has 3 aromatic rings. The smallest absolute Gasteiger partial charge is 0.265 e. The van der Waals surface area contributed by atoms with Gasteiger partial charge in [-0.15, -0.1) is 0 Å². The van der Waals surface area contributed by atoms with E-state index in [0.717, 1.165) is 16.8 Å². The van der Waals surface area contributed by atoms with Gasteiger partial charge in [-0.3, -0.25) is 14.8 Å². The molecule has 3 rings (SSSR count). The molecule has 1 amide bonds. The SMILES string of the molecule is O=C(N/N=C/c1ccc(-c2ccccn2)cc1)c1cnccn1. The van der Waals surface area contributed by atoms with E-state index < -0.39 is 5.91 Å². The van der Waals surface area contributed by atoms with Gasteiger partial charge in [0.05, 0.1) is 18.1 Å². The normalized spacial score (nSPS) is 10.6. The standard InChI is InChI=1S/C17H13N5O/c23-17(16-12-18-9-10-20-16)22-21-11-13-4-6-14(7-5-13)15-3-1-2-8-19-15/h1-12H,(H,22,23)/b21-11+. The number of carbonyl (C=O) groups excluding carboxylic acids is 1. The Labute approximate surface area is 133 Å². The first-order valence-corrected chi connectivity index (χ1v) is 6.94. The van der Waals surface area contributed by atoms with Crippen molar-refractivity contribution in [1.29, 1.82) is 0 Å². The summed E-state index contributed by atoms with van der Waals surface area (Å²) in [6.07, 6.45) is 7.66. The molecular weight excluding hydrogens is 290 g/mol. The van der Waals surface area contributed by atoms with E-state index in [4.69, 9.17) is 0 Å². The van der Waals surface area contributed by atoms with Crippen LogP contribution in [0.15, 0.2) is 72.4 Å². The second-order valence-corrected chi connectivity index (χ2v) is 4.63. The maximum Gasteiger partial charge on any atom is 0.291 e. The summed E-state index contributed by atoms with van der Waals surface area (Å²) in [6.45, 7) is 0. The van der Waals surface area contributed by atoms with Crippen molar-refractivity contribution in [3.63, 3.8) is 0 Å². The largest absolute Gasteiger partial charge is 0.291 e. The van der Waals surface area contributed by atoms with Crippen molar-refractivity contribution in [2.75, 3.05) is 0 Å². The molecule has 6 heteroatoms. The van der Waals surface area contributed by atoms with Crippen molar-refractivity contribution in [3.05, 3.63) is 78.5 Å². The number of rotatable bonds is 4. The van der Waals surface area contributed by atoms with Crippen molar-refractivity contribution >= 4 is 12.1 Å². The van der Waals surface area contributed by atoms with Gasteiger partial charge in [0.25, 0.3) is 5.91 Å². The highest BCUT2D eigenvalue weighted by Gasteiger charge is 2.04. The van der Waals surface area contributed by atoms with Crippen LogP contribution in [-0.2, 0) is 0 Å². The van der Waals surface area contributed by atoms with Crippen LogP contribution in [0.3, 0.4) is 0 Å². The molecule has 0 aliphatic heterocycles. The molecule has 112 valence electrons. The highest BCUT2D eigenvalue weighted by Crippen LogP contribution is 2.16. The second-order valence-electron chi connectivity index (χ2n) is 4.63. The lowest BCUT2D eigenvalue weighted by Gasteiger charge is -2.01. The first-order valence-electron chi connectivity index (χ1n) is 6.94. The van der Waals surface area contributed by atoms with Crippen molar-refractivity contribution in [2.45, 2.75) is 0 Å². The van der Waals surface area contributed by atoms with E-state index >= 15 is 0 Å². The molecule has 0 fully saturated rings. The number of hydrogen-bond donors (Lipinski definition) is 1. The molecule has 2 heterocycles. The molecule has 0 atom stereocenters. The Balaban J connectivity index is 1.63. The molecule has 0 radical (unpaired) electrons. The first-order chi connectivity index (χ1) is 11.3. The lowest BCUT2D eigenvalue weighted by molar-refractivity contribution is 0.0949. The number of nitrogens with one attached hydrogen (secondary N) is 1. The highest BCUT2D eigenvalue weighted by molar-refractivity contribution is 5.92. The van der Waals surface area contributed by atoms with Gasteiger partial charge in [0.1, 0.15) is 5.69 Å². The molecule has 0 unspecified atom stereocenters. The lowest BCUT2D eigenvalue weighted by Crippen LogP contribution is -2.19. The molecule has 0 bridgehead atoms. The monoisotopic (exact) mass is 303 g/mol. The Hall–Kier alpha value is -3.41. The molecule has 0 aliphatic rings. The average molecular weight is 303 g/mol. The first kappa shape index (κ1) is 14.5. The van der Waals surface area contributed by atoms with Gasteiger partial charge in [-0.1, -0.05) is 30.3 Å². The summed E-state index contributed by atoms with van der Waals surface area (Å²) in [7, 11) is 0. The van der Waals surface area contributed by atoms with Gasteiger partial charge in [0.2, 0.25) is 0 Å². The van der Waals surface area contributed by atoms with Gasteiger partial charge in [0, 0.05) is 24.2 Å². The molecule has 1 N–H and O–H groups in total. The van der Waals surface area contributed by atoms with E-state index in [2.05, 4.69) is 25.5 Å². The second kappa shape index (κ2) is 7.04. The van der Waals surface area contributed by atoms with Crippen LogP contribution in [0.25, 0.3) is 11.3 Å². The van der Waals surface area contributed by atoms with Gasteiger partial charge < -0.3 is 0 Å². The van der Waals surface area contributed by atoms with Crippen LogP contribution in [0.1, 0.15) is 16.1 Å². The van der Waals surface area contributed by atoms with Crippen LogP contribution in [-0.4, -0.2) is 27.1 Å². The minimum absolute atomic E-state index is 0.218. The average Bonchev–Trinajstić information content (AvgIpc) is 2.64. The molecule has 1 aromatic carbocycles. The van der Waals surface area contributed by atoms with Crippen LogP contribution in [0.4, 0.5) is 0 Å². The van der Waals surface area contributed by atoms with Crippen LogP contribution in [0.2, 0.25) is 0 Å². The van der Waals surface area contributed by atoms with Gasteiger partial charge in [0.15, 0.2) is 0 Å². The molecule has 0 aliphatic carbocycles. The van der Waals surface area contributed by atoms with Crippen LogP contribution in [0, 0.1) is 0 Å². The van der Waals surface area contributed by atoms with Crippen LogP contribution in [0.5, 0.6) is 0 Å². The maximum atomic E-state index is 11.7. The molecular formula is C17H13N5O. The number of nitrogens with zero attached hydrogens (tertiary/aromatic N) is 4. The fourth-order valence-corrected chi connectivity index (χ4v) is 1.91. The Morgan fingerprint density at radius 2 is 1.87 bits per heavy atom. The summed E-state index contributed by atoms with van der Waals surface area (Å²) in [4.78, 5) is 23.8. The Kier molecular flexibility index (Phi) is 4.44. The molecule has 6 nitrogen and oxygen atoms in total. The zero-order chi connectivity index (χ0) is 15.9. The maximum absolute atomic E-state index is 11.7. The lowest BCUT2D eigenvalue weighted by atomic mass is 10.1. The molecule has 0 saturated carbocycles. The molecule has 0 spiro atoms. The van der Waals surface area contributed by atoms with Gasteiger partial charge in [-0.25, -0.2) is 10.4 Å². The van der Waals surface area contributed by atoms with E-state index in [1.54, 1.807) is 12.4 Å².